The van der Waals surface area contributed by atoms with Crippen molar-refractivity contribution in [1.82, 2.24) is 10.2 Å². The minimum Gasteiger partial charge on any atom is -0.480 e. The van der Waals surface area contributed by atoms with Crippen molar-refractivity contribution in [2.45, 2.75) is 56.2 Å². The number of ether oxygens (including phenoxy) is 1. The van der Waals surface area contributed by atoms with E-state index in [1.165, 1.54) is 4.90 Å². The summed E-state index contributed by atoms with van der Waals surface area (Å²) in [5.41, 5.74) is 4.55. The maximum Gasteiger partial charge on any atom is 0.407 e. The average Bonchev–Trinajstić information content (AvgIpc) is 3.41. The maximum atomic E-state index is 13.3. The lowest BCUT2D eigenvalue weighted by atomic mass is 9.83. The Labute approximate surface area is 203 Å². The molecule has 0 aromatic heterocycles. The van der Waals surface area contributed by atoms with Crippen LogP contribution in [0.2, 0.25) is 0 Å². The number of rotatable bonds is 5. The third-order valence-electron chi connectivity index (χ3n) is 7.58. The summed E-state index contributed by atoms with van der Waals surface area (Å²) in [7, 11) is 0. The number of hydrogen-bond donors (Lipinski definition) is 3. The first-order valence-corrected chi connectivity index (χ1v) is 12.3. The fourth-order valence-corrected chi connectivity index (χ4v) is 5.90. The van der Waals surface area contributed by atoms with Gasteiger partial charge in [0.25, 0.3) is 0 Å². The predicted molar refractivity (Wildman–Crippen MR) is 128 cm³/mol. The van der Waals surface area contributed by atoms with Crippen LogP contribution in [0.5, 0.6) is 0 Å². The summed E-state index contributed by atoms with van der Waals surface area (Å²) in [6.07, 6.45) is 1.47. The van der Waals surface area contributed by atoms with Crippen LogP contribution in [0.15, 0.2) is 48.5 Å². The highest BCUT2D eigenvalue weighted by Crippen LogP contribution is 2.44. The summed E-state index contributed by atoms with van der Waals surface area (Å²) in [5, 5.41) is 22.3. The molecule has 2 amide bonds. The molecule has 1 saturated carbocycles. The number of alkyl carbamates (subject to hydrolysis) is 1. The Kier molecular flexibility index (Phi) is 6.47. The molecule has 2 aromatic carbocycles. The lowest BCUT2D eigenvalue weighted by Gasteiger charge is -2.34. The van der Waals surface area contributed by atoms with Crippen molar-refractivity contribution in [2.24, 2.45) is 5.92 Å². The fraction of sp³-hybridized carbons (Fsp3) is 0.444. The molecule has 35 heavy (non-hydrogen) atoms. The predicted octanol–water partition coefficient (Wildman–Crippen LogP) is 3.13. The summed E-state index contributed by atoms with van der Waals surface area (Å²) < 4.78 is 5.66. The summed E-state index contributed by atoms with van der Waals surface area (Å²) in [6, 6.07) is 14.8. The van der Waals surface area contributed by atoms with Gasteiger partial charge < -0.3 is 25.2 Å². The number of amides is 2. The van der Waals surface area contributed by atoms with Gasteiger partial charge in [-0.25, -0.2) is 9.59 Å². The van der Waals surface area contributed by atoms with Crippen LogP contribution in [-0.2, 0) is 14.3 Å². The molecule has 2 fully saturated rings. The average molecular weight is 479 g/mol. The topological polar surface area (TPSA) is 116 Å². The largest absolute Gasteiger partial charge is 0.480 e. The van der Waals surface area contributed by atoms with Gasteiger partial charge in [0.1, 0.15) is 12.6 Å². The minimum absolute atomic E-state index is 0.00393. The zero-order valence-corrected chi connectivity index (χ0v) is 19.4. The summed E-state index contributed by atoms with van der Waals surface area (Å²) >= 11 is 0. The first kappa shape index (κ1) is 23.4. The highest BCUT2D eigenvalue weighted by molar-refractivity contribution is 5.87. The highest BCUT2D eigenvalue weighted by Gasteiger charge is 2.44. The van der Waals surface area contributed by atoms with Gasteiger partial charge in [0.15, 0.2) is 0 Å². The standard InChI is InChI=1S/C27H30N2O6/c30-16-13-24(26(32)33)29(14-16)25(31)21-11-5-6-12-23(21)28-27(34)35-15-22-19-9-3-1-7-17(19)18-8-2-4-10-20(18)22/h1-4,7-10,16,21-24,30H,5-6,11-15H2,(H,28,34)(H,32,33)/t16-,21+,23-,24-/m1/s1. The van der Waals surface area contributed by atoms with E-state index in [2.05, 4.69) is 29.6 Å². The van der Waals surface area contributed by atoms with Gasteiger partial charge in [-0.1, -0.05) is 61.4 Å². The van der Waals surface area contributed by atoms with Gasteiger partial charge >= 0.3 is 12.1 Å². The molecule has 3 N–H and O–H groups in total. The molecule has 0 bridgehead atoms. The van der Waals surface area contributed by atoms with E-state index < -0.39 is 36.2 Å². The van der Waals surface area contributed by atoms with E-state index in [4.69, 9.17) is 4.74 Å². The quantitative estimate of drug-likeness (QED) is 0.608. The van der Waals surface area contributed by atoms with Crippen LogP contribution in [0.3, 0.4) is 0 Å². The van der Waals surface area contributed by atoms with Crippen molar-refractivity contribution in [3.05, 3.63) is 59.7 Å². The number of aliphatic hydroxyl groups is 1. The van der Waals surface area contributed by atoms with Crippen LogP contribution in [-0.4, -0.2) is 64.4 Å². The molecule has 1 heterocycles. The zero-order chi connectivity index (χ0) is 24.5. The summed E-state index contributed by atoms with van der Waals surface area (Å²) in [6.45, 7) is 0.189. The van der Waals surface area contributed by atoms with Crippen molar-refractivity contribution in [3.63, 3.8) is 0 Å². The molecular weight excluding hydrogens is 448 g/mol. The number of nitrogens with one attached hydrogen (secondary N) is 1. The Bertz CT molecular complexity index is 1090. The van der Waals surface area contributed by atoms with E-state index in [0.717, 1.165) is 35.1 Å². The number of carboxylic acids is 1. The number of nitrogens with zero attached hydrogens (tertiary/aromatic N) is 1. The van der Waals surface area contributed by atoms with Crippen LogP contribution in [0, 0.1) is 5.92 Å². The number of aliphatic carboxylic acids is 1. The number of hydrogen-bond acceptors (Lipinski definition) is 5. The number of β-amino-alcohol motifs (C(OH)–C–C–N with tert-alkyl or cyclic N) is 1. The van der Waals surface area contributed by atoms with E-state index in [1.54, 1.807) is 0 Å². The number of fused-ring (bicyclic) bond motifs is 3. The van der Waals surface area contributed by atoms with Gasteiger partial charge in [0.2, 0.25) is 5.91 Å². The molecule has 2 aliphatic carbocycles. The van der Waals surface area contributed by atoms with E-state index in [-0.39, 0.29) is 31.4 Å². The SMILES string of the molecule is O=C(N[C@@H]1CCCC[C@@H]1C(=O)N1C[C@H](O)C[C@@H]1C(=O)O)OCC1c2ccccc2-c2ccccc21. The summed E-state index contributed by atoms with van der Waals surface area (Å²) in [4.78, 5) is 38.9. The Morgan fingerprint density at radius 3 is 2.26 bits per heavy atom. The third kappa shape index (κ3) is 4.50. The van der Waals surface area contributed by atoms with E-state index in [0.29, 0.717) is 12.8 Å². The van der Waals surface area contributed by atoms with E-state index in [1.807, 2.05) is 24.3 Å². The van der Waals surface area contributed by atoms with Crippen molar-refractivity contribution >= 4 is 18.0 Å². The Morgan fingerprint density at radius 2 is 1.60 bits per heavy atom. The van der Waals surface area contributed by atoms with Crippen LogP contribution in [0.1, 0.15) is 49.1 Å². The molecule has 4 atom stereocenters. The second-order valence-electron chi connectivity index (χ2n) is 9.70. The zero-order valence-electron chi connectivity index (χ0n) is 19.4. The Balaban J connectivity index is 1.25. The molecule has 5 rings (SSSR count). The molecule has 2 aromatic rings. The lowest BCUT2D eigenvalue weighted by molar-refractivity contribution is -0.150. The van der Waals surface area contributed by atoms with Gasteiger partial charge in [-0.3, -0.25) is 4.79 Å². The molecular formula is C27H30N2O6. The van der Waals surface area contributed by atoms with Gasteiger partial charge in [0.05, 0.1) is 12.0 Å². The molecule has 8 nitrogen and oxygen atoms in total. The van der Waals surface area contributed by atoms with Crippen LogP contribution in [0.25, 0.3) is 11.1 Å². The first-order chi connectivity index (χ1) is 16.9. The first-order valence-electron chi connectivity index (χ1n) is 12.3. The maximum absolute atomic E-state index is 13.3. The number of carboxylic acid groups (broad SMARTS) is 1. The number of benzene rings is 2. The third-order valence-corrected chi connectivity index (χ3v) is 7.58. The van der Waals surface area contributed by atoms with Crippen LogP contribution >= 0.6 is 0 Å². The molecule has 184 valence electrons. The smallest absolute Gasteiger partial charge is 0.407 e. The Hall–Kier alpha value is -3.39. The number of aliphatic hydroxyl groups excluding tert-OH is 1. The molecule has 8 heteroatoms. The van der Waals surface area contributed by atoms with Crippen molar-refractivity contribution in [3.8, 4) is 11.1 Å². The van der Waals surface area contributed by atoms with Crippen molar-refractivity contribution < 1.29 is 29.3 Å². The van der Waals surface area contributed by atoms with Crippen LogP contribution in [0.4, 0.5) is 4.79 Å². The lowest BCUT2D eigenvalue weighted by Crippen LogP contribution is -2.52. The molecule has 0 spiro atoms. The summed E-state index contributed by atoms with van der Waals surface area (Å²) in [5.74, 6) is -2.03. The Morgan fingerprint density at radius 1 is 0.971 bits per heavy atom. The monoisotopic (exact) mass is 478 g/mol. The second-order valence-corrected chi connectivity index (χ2v) is 9.70. The van der Waals surface area contributed by atoms with Crippen LogP contribution < -0.4 is 5.32 Å². The molecule has 1 saturated heterocycles. The van der Waals surface area contributed by atoms with Crippen molar-refractivity contribution in [1.29, 1.82) is 0 Å². The van der Waals surface area contributed by atoms with E-state index >= 15 is 0 Å². The van der Waals surface area contributed by atoms with Gasteiger partial charge in [-0.05, 0) is 35.1 Å². The minimum atomic E-state index is -1.12. The van der Waals surface area contributed by atoms with Gasteiger partial charge in [-0.15, -0.1) is 0 Å². The number of carbonyl (C=O) groups is 3. The molecule has 1 aliphatic heterocycles. The van der Waals surface area contributed by atoms with Gasteiger partial charge in [0, 0.05) is 24.9 Å². The van der Waals surface area contributed by atoms with E-state index in [9.17, 15) is 24.6 Å². The van der Waals surface area contributed by atoms with Gasteiger partial charge in [-0.2, -0.15) is 0 Å². The molecule has 0 radical (unpaired) electrons. The molecule has 0 unspecified atom stereocenters. The molecule has 3 aliphatic rings. The fourth-order valence-electron chi connectivity index (χ4n) is 5.90. The number of carbonyl (C=O) groups excluding carboxylic acids is 2. The highest BCUT2D eigenvalue weighted by atomic mass is 16.5. The van der Waals surface area contributed by atoms with Crippen molar-refractivity contribution in [2.75, 3.05) is 13.2 Å². The second kappa shape index (κ2) is 9.70. The number of likely N-dealkylation sites (tertiary alicyclic amines) is 1. The normalized spacial score (nSPS) is 25.6.